The van der Waals surface area contributed by atoms with Gasteiger partial charge in [-0.05, 0) is 61.7 Å². The molecule has 0 aromatic rings. The number of halogens is 1. The number of carbonyl (C=O) groups is 2. The molecule has 2 atom stereocenters. The SMILES string of the molecule is O=C(NCC12CC3CC(CC(C3)C1)C2)[C@@H]1C[C@@H](F)CN1C(=O)O. The summed E-state index contributed by atoms with van der Waals surface area (Å²) in [6.45, 7) is 0.445. The lowest BCUT2D eigenvalue weighted by Crippen LogP contribution is -2.53. The topological polar surface area (TPSA) is 69.6 Å². The highest BCUT2D eigenvalue weighted by atomic mass is 19.1. The minimum Gasteiger partial charge on any atom is -0.465 e. The number of carbonyl (C=O) groups excluding carboxylic acids is 1. The highest BCUT2D eigenvalue weighted by Gasteiger charge is 2.51. The molecule has 1 aliphatic heterocycles. The average molecular weight is 324 g/mol. The monoisotopic (exact) mass is 324 g/mol. The third-order valence-electron chi connectivity index (χ3n) is 6.60. The van der Waals surface area contributed by atoms with E-state index in [9.17, 15) is 14.0 Å². The Bertz CT molecular complexity index is 489. The fraction of sp³-hybridized carbons (Fsp3) is 0.882. The summed E-state index contributed by atoms with van der Waals surface area (Å²) in [5.41, 5.74) is 0.214. The van der Waals surface area contributed by atoms with Crippen LogP contribution in [0.1, 0.15) is 44.9 Å². The van der Waals surface area contributed by atoms with E-state index in [1.54, 1.807) is 0 Å². The van der Waals surface area contributed by atoms with Gasteiger partial charge in [-0.1, -0.05) is 0 Å². The zero-order valence-corrected chi connectivity index (χ0v) is 13.3. The zero-order chi connectivity index (χ0) is 16.2. The van der Waals surface area contributed by atoms with E-state index in [0.29, 0.717) is 6.54 Å². The van der Waals surface area contributed by atoms with Gasteiger partial charge in [0.1, 0.15) is 12.2 Å². The predicted molar refractivity (Wildman–Crippen MR) is 81.6 cm³/mol. The van der Waals surface area contributed by atoms with Crippen molar-refractivity contribution in [3.8, 4) is 0 Å². The average Bonchev–Trinajstić information content (AvgIpc) is 2.86. The Morgan fingerprint density at radius 2 is 1.65 bits per heavy atom. The number of alkyl halides is 1. The van der Waals surface area contributed by atoms with Gasteiger partial charge in [0, 0.05) is 13.0 Å². The van der Waals surface area contributed by atoms with Crippen molar-refractivity contribution >= 4 is 12.0 Å². The Morgan fingerprint density at radius 1 is 1.09 bits per heavy atom. The van der Waals surface area contributed by atoms with E-state index in [4.69, 9.17) is 5.11 Å². The van der Waals surface area contributed by atoms with Crippen LogP contribution in [0.25, 0.3) is 0 Å². The lowest BCUT2D eigenvalue weighted by Gasteiger charge is -2.57. The van der Waals surface area contributed by atoms with Gasteiger partial charge in [0.2, 0.25) is 5.91 Å². The number of rotatable bonds is 3. The first-order valence-corrected chi connectivity index (χ1v) is 8.85. The first-order valence-electron chi connectivity index (χ1n) is 8.85. The highest BCUT2D eigenvalue weighted by molar-refractivity contribution is 5.86. The smallest absolute Gasteiger partial charge is 0.408 e. The largest absolute Gasteiger partial charge is 0.465 e. The van der Waals surface area contributed by atoms with Crippen LogP contribution in [0.2, 0.25) is 0 Å². The van der Waals surface area contributed by atoms with Gasteiger partial charge in [-0.15, -0.1) is 0 Å². The summed E-state index contributed by atoms with van der Waals surface area (Å²) in [7, 11) is 0. The van der Waals surface area contributed by atoms with Crippen LogP contribution < -0.4 is 5.32 Å². The maximum absolute atomic E-state index is 13.5. The molecule has 4 bridgehead atoms. The molecule has 0 aromatic heterocycles. The Morgan fingerprint density at radius 3 is 2.17 bits per heavy atom. The first kappa shape index (κ1) is 15.2. The van der Waals surface area contributed by atoms with E-state index in [2.05, 4.69) is 5.32 Å². The van der Waals surface area contributed by atoms with Crippen molar-refractivity contribution in [2.45, 2.75) is 57.2 Å². The van der Waals surface area contributed by atoms with E-state index < -0.39 is 18.3 Å². The van der Waals surface area contributed by atoms with Gasteiger partial charge < -0.3 is 10.4 Å². The van der Waals surface area contributed by atoms with Crippen LogP contribution in [-0.2, 0) is 4.79 Å². The molecule has 0 unspecified atom stereocenters. The van der Waals surface area contributed by atoms with Gasteiger partial charge >= 0.3 is 6.09 Å². The van der Waals surface area contributed by atoms with Gasteiger partial charge in [-0.25, -0.2) is 9.18 Å². The lowest BCUT2D eigenvalue weighted by atomic mass is 9.49. The summed E-state index contributed by atoms with van der Waals surface area (Å²) >= 11 is 0. The Balaban J connectivity index is 1.39. The second-order valence-corrected chi connectivity index (χ2v) is 8.42. The Labute approximate surface area is 135 Å². The number of likely N-dealkylation sites (tertiary alicyclic amines) is 1. The second-order valence-electron chi connectivity index (χ2n) is 8.42. The van der Waals surface area contributed by atoms with Gasteiger partial charge in [0.05, 0.1) is 6.54 Å². The molecule has 23 heavy (non-hydrogen) atoms. The standard InChI is InChI=1S/C17H25FN2O3/c18-13-4-14(20(8-13)16(22)23)15(21)19-9-17-5-10-1-11(6-17)3-12(2-10)7-17/h10-14H,1-9H2,(H,19,21)(H,22,23)/t10?,11?,12?,13-,14+,17?/m1/s1. The number of carboxylic acid groups (broad SMARTS) is 1. The molecule has 2 amide bonds. The third-order valence-corrected chi connectivity index (χ3v) is 6.60. The van der Waals surface area contributed by atoms with Gasteiger partial charge in [0.15, 0.2) is 0 Å². The number of nitrogens with zero attached hydrogens (tertiary/aromatic N) is 1. The number of amides is 2. The lowest BCUT2D eigenvalue weighted by molar-refractivity contribution is -0.127. The summed E-state index contributed by atoms with van der Waals surface area (Å²) in [5.74, 6) is 2.13. The van der Waals surface area contributed by atoms with Crippen molar-refractivity contribution in [1.82, 2.24) is 10.2 Å². The molecule has 5 nitrogen and oxygen atoms in total. The zero-order valence-electron chi connectivity index (χ0n) is 13.3. The molecule has 5 fully saturated rings. The van der Waals surface area contributed by atoms with Crippen molar-refractivity contribution in [3.05, 3.63) is 0 Å². The van der Waals surface area contributed by atoms with Crippen LogP contribution in [-0.4, -0.2) is 47.3 Å². The van der Waals surface area contributed by atoms with Crippen LogP contribution >= 0.6 is 0 Å². The van der Waals surface area contributed by atoms with E-state index in [0.717, 1.165) is 22.7 Å². The molecule has 5 aliphatic rings. The van der Waals surface area contributed by atoms with Gasteiger partial charge in [-0.2, -0.15) is 0 Å². The first-order chi connectivity index (χ1) is 10.9. The summed E-state index contributed by atoms with van der Waals surface area (Å²) < 4.78 is 13.5. The van der Waals surface area contributed by atoms with Crippen LogP contribution in [0.5, 0.6) is 0 Å². The number of nitrogens with one attached hydrogen (secondary N) is 1. The van der Waals surface area contributed by atoms with E-state index in [-0.39, 0.29) is 24.3 Å². The van der Waals surface area contributed by atoms with Crippen molar-refractivity contribution in [1.29, 1.82) is 0 Å². The predicted octanol–water partition coefficient (Wildman–Crippen LogP) is 2.41. The van der Waals surface area contributed by atoms with Crippen LogP contribution in [0.15, 0.2) is 0 Å². The molecule has 6 heteroatoms. The maximum Gasteiger partial charge on any atom is 0.408 e. The molecule has 5 rings (SSSR count). The van der Waals surface area contributed by atoms with Gasteiger partial charge in [-0.3, -0.25) is 9.69 Å². The summed E-state index contributed by atoms with van der Waals surface area (Å²) in [6.07, 6.45) is 5.18. The molecular weight excluding hydrogens is 299 g/mol. The van der Waals surface area contributed by atoms with Gasteiger partial charge in [0.25, 0.3) is 0 Å². The summed E-state index contributed by atoms with van der Waals surface area (Å²) in [6, 6.07) is -0.864. The fourth-order valence-electron chi connectivity index (χ4n) is 6.14. The molecule has 4 saturated carbocycles. The molecule has 4 aliphatic carbocycles. The van der Waals surface area contributed by atoms with Crippen molar-refractivity contribution in [3.63, 3.8) is 0 Å². The number of hydrogen-bond donors (Lipinski definition) is 2. The highest BCUT2D eigenvalue weighted by Crippen LogP contribution is 2.59. The van der Waals surface area contributed by atoms with E-state index in [1.807, 2.05) is 0 Å². The number of hydrogen-bond acceptors (Lipinski definition) is 2. The minimum absolute atomic E-state index is 0.0149. The Hall–Kier alpha value is -1.33. The normalized spacial score (nSPS) is 44.6. The molecule has 1 saturated heterocycles. The van der Waals surface area contributed by atoms with Crippen molar-refractivity contribution in [2.75, 3.05) is 13.1 Å². The molecule has 128 valence electrons. The maximum atomic E-state index is 13.5. The summed E-state index contributed by atoms with van der Waals surface area (Å²) in [5, 5.41) is 12.1. The fourth-order valence-corrected chi connectivity index (χ4v) is 6.14. The van der Waals surface area contributed by atoms with Crippen molar-refractivity contribution in [2.24, 2.45) is 23.2 Å². The minimum atomic E-state index is -1.23. The second kappa shape index (κ2) is 5.35. The Kier molecular flexibility index (Phi) is 3.54. The van der Waals surface area contributed by atoms with Crippen LogP contribution in [0.4, 0.5) is 9.18 Å². The van der Waals surface area contributed by atoms with Crippen LogP contribution in [0, 0.1) is 23.2 Å². The van der Waals surface area contributed by atoms with E-state index >= 15 is 0 Å². The van der Waals surface area contributed by atoms with Crippen LogP contribution in [0.3, 0.4) is 0 Å². The third kappa shape index (κ3) is 2.70. The molecule has 0 aromatic carbocycles. The molecule has 0 spiro atoms. The quantitative estimate of drug-likeness (QED) is 0.837. The van der Waals surface area contributed by atoms with E-state index in [1.165, 1.54) is 38.5 Å². The molecule has 1 heterocycles. The molecule has 0 radical (unpaired) electrons. The molecular formula is C17H25FN2O3. The summed E-state index contributed by atoms with van der Waals surface area (Å²) in [4.78, 5) is 24.5. The molecule has 2 N–H and O–H groups in total. The van der Waals surface area contributed by atoms with Crippen molar-refractivity contribution < 1.29 is 19.1 Å².